The Morgan fingerprint density at radius 3 is 2.31 bits per heavy atom. The molecule has 1 aromatic heterocycles. The summed E-state index contributed by atoms with van der Waals surface area (Å²) >= 11 is 0. The first-order chi connectivity index (χ1) is 17.0. The second-order valence-electron chi connectivity index (χ2n) is 8.15. The number of aromatic nitrogens is 2. The summed E-state index contributed by atoms with van der Waals surface area (Å²) in [5.41, 5.74) is 5.06. The highest BCUT2D eigenvalue weighted by molar-refractivity contribution is 7.90. The Balaban J connectivity index is 0.000000815. The Hall–Kier alpha value is -2.97. The molecule has 0 unspecified atom stereocenters. The van der Waals surface area contributed by atoms with Crippen molar-refractivity contribution in [3.05, 3.63) is 71.4 Å². The lowest BCUT2D eigenvalue weighted by molar-refractivity contribution is 0.390. The van der Waals surface area contributed by atoms with Gasteiger partial charge < -0.3 is 10.6 Å². The van der Waals surface area contributed by atoms with Crippen LogP contribution in [0.5, 0.6) is 0 Å². The summed E-state index contributed by atoms with van der Waals surface area (Å²) in [6.07, 6.45) is 4.11. The normalized spacial score (nSPS) is 15.0. The molecule has 2 heterocycles. The minimum atomic E-state index is -3.13. The van der Waals surface area contributed by atoms with Gasteiger partial charge in [0.15, 0.2) is 0 Å². The van der Waals surface area contributed by atoms with Crippen molar-refractivity contribution < 1.29 is 8.42 Å². The van der Waals surface area contributed by atoms with Crippen molar-refractivity contribution in [3.8, 4) is 0 Å². The maximum absolute atomic E-state index is 12.6. The van der Waals surface area contributed by atoms with E-state index in [9.17, 15) is 8.42 Å². The van der Waals surface area contributed by atoms with Crippen molar-refractivity contribution in [3.63, 3.8) is 0 Å². The van der Waals surface area contributed by atoms with Crippen LogP contribution >= 0.6 is 0 Å². The first kappa shape index (κ1) is 26.6. The highest BCUT2D eigenvalue weighted by atomic mass is 32.2. The number of benzene rings is 2. The minimum absolute atomic E-state index is 0.158. The molecule has 2 aliphatic rings. The second-order valence-corrected chi connectivity index (χ2v) is 10.4. The number of nitrogens with one attached hydrogen (secondary N) is 2. The third-order valence-corrected chi connectivity index (χ3v) is 8.10. The van der Waals surface area contributed by atoms with Gasteiger partial charge in [0.2, 0.25) is 16.0 Å². The van der Waals surface area contributed by atoms with Gasteiger partial charge in [0.05, 0.1) is 5.25 Å². The number of para-hydroxylation sites is 1. The van der Waals surface area contributed by atoms with E-state index in [0.717, 1.165) is 47.6 Å². The number of fused-ring (bicyclic) bond motifs is 1. The van der Waals surface area contributed by atoms with Gasteiger partial charge in [0.25, 0.3) is 0 Å². The molecule has 0 amide bonds. The molecule has 5 rings (SSSR count). The molecule has 7 nitrogen and oxygen atoms in total. The zero-order valence-corrected chi connectivity index (χ0v) is 22.2. The van der Waals surface area contributed by atoms with Gasteiger partial charge in [-0.3, -0.25) is 0 Å². The zero-order valence-electron chi connectivity index (χ0n) is 21.4. The molecule has 8 heteroatoms. The van der Waals surface area contributed by atoms with Crippen molar-refractivity contribution >= 4 is 33.2 Å². The van der Waals surface area contributed by atoms with Crippen LogP contribution in [-0.2, 0) is 23.0 Å². The second kappa shape index (κ2) is 12.1. The van der Waals surface area contributed by atoms with E-state index in [1.807, 2.05) is 77.1 Å². The van der Waals surface area contributed by atoms with E-state index in [0.29, 0.717) is 19.0 Å². The van der Waals surface area contributed by atoms with Gasteiger partial charge in [0, 0.05) is 36.2 Å². The van der Waals surface area contributed by atoms with E-state index in [-0.39, 0.29) is 5.25 Å². The third-order valence-electron chi connectivity index (χ3n) is 5.75. The first-order valence-electron chi connectivity index (χ1n) is 12.5. The number of anilines is 4. The summed E-state index contributed by atoms with van der Waals surface area (Å²) in [5.74, 6) is 1.26. The predicted molar refractivity (Wildman–Crippen MR) is 145 cm³/mol. The van der Waals surface area contributed by atoms with E-state index < -0.39 is 10.0 Å². The molecule has 1 aliphatic carbocycles. The highest BCUT2D eigenvalue weighted by Crippen LogP contribution is 2.34. The smallest absolute Gasteiger partial charge is 0.229 e. The number of aryl methyl sites for hydroxylation is 1. The van der Waals surface area contributed by atoms with Crippen LogP contribution in [-0.4, -0.2) is 34.5 Å². The molecule has 2 aromatic carbocycles. The molecule has 3 aromatic rings. The maximum Gasteiger partial charge on any atom is 0.229 e. The Morgan fingerprint density at radius 1 is 0.914 bits per heavy atom. The summed E-state index contributed by atoms with van der Waals surface area (Å²) in [6, 6.07) is 15.9. The molecular weight excluding hydrogens is 458 g/mol. The Labute approximate surface area is 210 Å². The van der Waals surface area contributed by atoms with Gasteiger partial charge in [-0.25, -0.2) is 13.4 Å². The van der Waals surface area contributed by atoms with Crippen molar-refractivity contribution in [1.29, 1.82) is 0 Å². The van der Waals surface area contributed by atoms with Crippen LogP contribution in [0.3, 0.4) is 0 Å². The van der Waals surface area contributed by atoms with E-state index in [4.69, 9.17) is 0 Å². The van der Waals surface area contributed by atoms with Crippen LogP contribution in [0.15, 0.2) is 54.7 Å². The summed E-state index contributed by atoms with van der Waals surface area (Å²) in [7, 11) is -3.13. The van der Waals surface area contributed by atoms with Crippen LogP contribution in [0.2, 0.25) is 0 Å². The fraction of sp³-hybridized carbons (Fsp3) is 0.407. The third kappa shape index (κ3) is 6.58. The summed E-state index contributed by atoms with van der Waals surface area (Å²) < 4.78 is 26.8. The molecule has 0 saturated heterocycles. The minimum Gasteiger partial charge on any atom is -0.340 e. The average molecular weight is 496 g/mol. The van der Waals surface area contributed by atoms with E-state index in [1.54, 1.807) is 10.5 Å². The Bertz CT molecular complexity index is 1210. The van der Waals surface area contributed by atoms with Crippen LogP contribution in [0.1, 0.15) is 57.2 Å². The summed E-state index contributed by atoms with van der Waals surface area (Å²) in [6.45, 7) is 11.0. The largest absolute Gasteiger partial charge is 0.340 e. The van der Waals surface area contributed by atoms with Crippen LogP contribution in [0, 0.1) is 6.92 Å². The molecule has 35 heavy (non-hydrogen) atoms. The van der Waals surface area contributed by atoms with Crippen molar-refractivity contribution in [1.82, 2.24) is 14.3 Å². The van der Waals surface area contributed by atoms with E-state index in [2.05, 4.69) is 26.7 Å². The zero-order chi connectivity index (χ0) is 25.4. The lowest BCUT2D eigenvalue weighted by Crippen LogP contribution is -2.38. The van der Waals surface area contributed by atoms with Crippen molar-refractivity contribution in [2.75, 3.05) is 17.2 Å². The molecule has 188 valence electrons. The molecule has 0 bridgehead atoms. The van der Waals surface area contributed by atoms with Crippen LogP contribution in [0.25, 0.3) is 0 Å². The fourth-order valence-corrected chi connectivity index (χ4v) is 5.63. The number of hydrogen-bond donors (Lipinski definition) is 2. The van der Waals surface area contributed by atoms with Gasteiger partial charge in [-0.2, -0.15) is 9.29 Å². The van der Waals surface area contributed by atoms with Gasteiger partial charge >= 0.3 is 0 Å². The number of hydrogen-bond acceptors (Lipinski definition) is 6. The first-order valence-corrected chi connectivity index (χ1v) is 14.0. The predicted octanol–water partition coefficient (Wildman–Crippen LogP) is 6.17. The fourth-order valence-electron chi connectivity index (χ4n) is 3.81. The molecule has 1 aliphatic heterocycles. The van der Waals surface area contributed by atoms with E-state index >= 15 is 0 Å². The number of sulfonamides is 1. The monoisotopic (exact) mass is 495 g/mol. The van der Waals surface area contributed by atoms with Crippen molar-refractivity contribution in [2.24, 2.45) is 0 Å². The summed E-state index contributed by atoms with van der Waals surface area (Å²) in [5, 5.41) is 6.45. The lowest BCUT2D eigenvalue weighted by atomic mass is 10.0. The Morgan fingerprint density at radius 2 is 1.63 bits per heavy atom. The SMILES string of the molecule is CC.CC.Cc1cnc(Nc2ccccc2)nc1Nc1ccc2c(c1)CCN(S(=O)(=O)C1CC1)C2. The topological polar surface area (TPSA) is 87.2 Å². The molecule has 2 N–H and O–H groups in total. The standard InChI is InChI=1S/C23H25N5O2S.2C2H6/c1-16-14-24-23(26-19-5-3-2-4-6-19)27-22(16)25-20-8-7-18-15-28(12-11-17(18)13-20)31(29,30)21-9-10-21;2*1-2/h2-8,13-14,21H,9-12,15H2,1H3,(H2,24,25,26,27);2*1-2H3. The van der Waals surface area contributed by atoms with E-state index in [1.165, 1.54) is 5.56 Å². The maximum atomic E-state index is 12.6. The highest BCUT2D eigenvalue weighted by Gasteiger charge is 2.40. The number of nitrogens with zero attached hydrogens (tertiary/aromatic N) is 3. The number of rotatable bonds is 6. The molecule has 0 radical (unpaired) electrons. The summed E-state index contributed by atoms with van der Waals surface area (Å²) in [4.78, 5) is 9.00. The van der Waals surface area contributed by atoms with Gasteiger partial charge in [-0.15, -0.1) is 0 Å². The van der Waals surface area contributed by atoms with Crippen LogP contribution < -0.4 is 10.6 Å². The molecule has 0 spiro atoms. The van der Waals surface area contributed by atoms with Crippen molar-refractivity contribution in [2.45, 2.75) is 65.7 Å². The van der Waals surface area contributed by atoms with Gasteiger partial charge in [0.1, 0.15) is 5.82 Å². The average Bonchev–Trinajstić information content (AvgIpc) is 3.75. The quantitative estimate of drug-likeness (QED) is 0.425. The van der Waals surface area contributed by atoms with Crippen LogP contribution in [0.4, 0.5) is 23.1 Å². The van der Waals surface area contributed by atoms with Gasteiger partial charge in [-0.05, 0) is 61.6 Å². The Kier molecular flexibility index (Phi) is 9.23. The molecule has 0 atom stereocenters. The molecule has 1 saturated carbocycles. The molecular formula is C27H37N5O2S. The molecule has 1 fully saturated rings. The van der Waals surface area contributed by atoms with Gasteiger partial charge in [-0.1, -0.05) is 52.0 Å². The lowest BCUT2D eigenvalue weighted by Gasteiger charge is -2.28.